The lowest BCUT2D eigenvalue weighted by molar-refractivity contribution is -0.121. The molecule has 0 unspecified atom stereocenters. The minimum Gasteiger partial charge on any atom is -0.497 e. The molecule has 0 aliphatic carbocycles. The highest BCUT2D eigenvalue weighted by Gasteiger charge is 2.43. The molecule has 0 heterocycles. The number of allylic oxidation sites excluding steroid dienone is 2. The molecule has 0 saturated carbocycles. The van der Waals surface area contributed by atoms with Crippen molar-refractivity contribution in [2.75, 3.05) is 7.11 Å². The van der Waals surface area contributed by atoms with Crippen LogP contribution >= 0.6 is 0 Å². The molecule has 0 fully saturated rings. The molecule has 5 heteroatoms. The highest BCUT2D eigenvalue weighted by Crippen LogP contribution is 2.41. The van der Waals surface area contributed by atoms with Crippen molar-refractivity contribution in [3.63, 3.8) is 0 Å². The van der Waals surface area contributed by atoms with E-state index in [-0.39, 0.29) is 29.1 Å². The van der Waals surface area contributed by atoms with Crippen LogP contribution < -0.4 is 4.74 Å². The molecular formula is C28H48O4Si. The quantitative estimate of drug-likeness (QED) is 0.169. The van der Waals surface area contributed by atoms with Crippen LogP contribution in [0.2, 0.25) is 18.1 Å². The molecule has 0 N–H and O–H groups in total. The zero-order valence-electron chi connectivity index (χ0n) is 22.9. The largest absolute Gasteiger partial charge is 0.497 e. The predicted molar refractivity (Wildman–Crippen MR) is 141 cm³/mol. The Morgan fingerprint density at radius 3 is 2.09 bits per heavy atom. The van der Waals surface area contributed by atoms with Gasteiger partial charge in [0.2, 0.25) is 0 Å². The van der Waals surface area contributed by atoms with Gasteiger partial charge in [-0.15, -0.1) is 0 Å². The van der Waals surface area contributed by atoms with Gasteiger partial charge >= 0.3 is 0 Å². The summed E-state index contributed by atoms with van der Waals surface area (Å²) in [7, 11) is -0.359. The van der Waals surface area contributed by atoms with Crippen LogP contribution in [0.4, 0.5) is 0 Å². The van der Waals surface area contributed by atoms with E-state index in [1.807, 2.05) is 31.2 Å². The lowest BCUT2D eigenvalue weighted by atomic mass is 9.82. The summed E-state index contributed by atoms with van der Waals surface area (Å²) >= 11 is 0. The third-order valence-corrected chi connectivity index (χ3v) is 11.8. The fourth-order valence-electron chi connectivity index (χ4n) is 3.96. The number of carbonyl (C=O) groups is 1. The maximum Gasteiger partial charge on any atom is 0.192 e. The molecule has 1 rings (SSSR count). The number of benzene rings is 1. The summed E-state index contributed by atoms with van der Waals surface area (Å²) in [5, 5.41) is 0.107. The van der Waals surface area contributed by atoms with Crippen LogP contribution in [0.15, 0.2) is 35.9 Å². The van der Waals surface area contributed by atoms with E-state index in [2.05, 4.69) is 67.6 Å². The second-order valence-corrected chi connectivity index (χ2v) is 15.9. The highest BCUT2D eigenvalue weighted by molar-refractivity contribution is 6.74. The average Bonchev–Trinajstić information content (AvgIpc) is 2.76. The van der Waals surface area contributed by atoms with Gasteiger partial charge in [-0.05, 0) is 62.0 Å². The van der Waals surface area contributed by atoms with Crippen LogP contribution in [0.25, 0.3) is 0 Å². The minimum atomic E-state index is -2.02. The van der Waals surface area contributed by atoms with Crippen molar-refractivity contribution in [1.82, 2.24) is 0 Å². The lowest BCUT2D eigenvalue weighted by Gasteiger charge is -2.45. The van der Waals surface area contributed by atoms with E-state index in [1.165, 1.54) is 5.57 Å². The lowest BCUT2D eigenvalue weighted by Crippen LogP contribution is -2.50. The Balaban J connectivity index is 3.20. The number of carbonyl (C=O) groups excluding carboxylic acids is 1. The van der Waals surface area contributed by atoms with Crippen molar-refractivity contribution in [3.05, 3.63) is 41.5 Å². The van der Waals surface area contributed by atoms with Gasteiger partial charge in [0.05, 0.1) is 25.9 Å². The predicted octanol–water partition coefficient (Wildman–Crippen LogP) is 7.43. The van der Waals surface area contributed by atoms with E-state index in [0.717, 1.165) is 24.0 Å². The summed E-state index contributed by atoms with van der Waals surface area (Å²) < 4.78 is 18.7. The Morgan fingerprint density at radius 2 is 1.64 bits per heavy atom. The van der Waals surface area contributed by atoms with Crippen LogP contribution in [0.1, 0.15) is 67.4 Å². The maximum atomic E-state index is 11.9. The van der Waals surface area contributed by atoms with Crippen LogP contribution in [-0.2, 0) is 20.6 Å². The molecule has 0 amide bonds. The van der Waals surface area contributed by atoms with E-state index in [4.69, 9.17) is 13.9 Å². The Labute approximate surface area is 204 Å². The van der Waals surface area contributed by atoms with Crippen molar-refractivity contribution >= 4 is 14.6 Å². The first kappa shape index (κ1) is 29.6. The standard InChI is InChI=1S/C28H48O4Si/c1-12-20(2)17-21(3)27(32-33(10,11)28(6,7)8)23(5)26(22(4)18-29)31-19-24-13-15-25(30-9)16-14-24/h12-16,18,21-23,26-27H,17,19H2,1-11H3/b20-12+/t21-,22+,23+,26-,27+/m0/s1. The van der Waals surface area contributed by atoms with Crippen molar-refractivity contribution in [1.29, 1.82) is 0 Å². The second kappa shape index (κ2) is 12.9. The van der Waals surface area contributed by atoms with E-state index in [1.54, 1.807) is 7.11 Å². The fraction of sp³-hybridized carbons (Fsp3) is 0.679. The van der Waals surface area contributed by atoms with Crippen molar-refractivity contribution in [3.8, 4) is 5.75 Å². The molecule has 4 nitrogen and oxygen atoms in total. The summed E-state index contributed by atoms with van der Waals surface area (Å²) in [6, 6.07) is 7.89. The summed E-state index contributed by atoms with van der Waals surface area (Å²) in [5.41, 5.74) is 2.42. The van der Waals surface area contributed by atoms with Crippen LogP contribution in [0.3, 0.4) is 0 Å². The Kier molecular flexibility index (Phi) is 11.5. The number of ether oxygens (including phenoxy) is 2. The van der Waals surface area contributed by atoms with Gasteiger partial charge in [0, 0.05) is 11.8 Å². The Bertz CT molecular complexity index is 748. The third kappa shape index (κ3) is 8.69. The molecule has 1 aromatic rings. The molecule has 0 bridgehead atoms. The number of methoxy groups -OCH3 is 1. The molecule has 1 aromatic carbocycles. The summed E-state index contributed by atoms with van der Waals surface area (Å²) in [5.74, 6) is 0.980. The summed E-state index contributed by atoms with van der Waals surface area (Å²) in [4.78, 5) is 11.9. The first-order valence-electron chi connectivity index (χ1n) is 12.3. The monoisotopic (exact) mass is 476 g/mol. The van der Waals surface area contributed by atoms with Crippen LogP contribution in [0, 0.1) is 17.8 Å². The van der Waals surface area contributed by atoms with E-state index in [9.17, 15) is 4.79 Å². The molecule has 0 radical (unpaired) electrons. The van der Waals surface area contributed by atoms with Gasteiger partial charge in [0.15, 0.2) is 8.32 Å². The minimum absolute atomic E-state index is 0.00376. The molecule has 188 valence electrons. The van der Waals surface area contributed by atoms with Crippen molar-refractivity contribution < 1.29 is 18.7 Å². The number of hydrogen-bond donors (Lipinski definition) is 0. The molecule has 0 spiro atoms. The van der Waals surface area contributed by atoms with Crippen LogP contribution in [0.5, 0.6) is 5.75 Å². The average molecular weight is 477 g/mol. The molecule has 0 aromatic heterocycles. The molecule has 33 heavy (non-hydrogen) atoms. The number of hydrogen-bond acceptors (Lipinski definition) is 4. The summed E-state index contributed by atoms with van der Waals surface area (Å²) in [6.07, 6.45) is 3.94. The second-order valence-electron chi connectivity index (χ2n) is 11.1. The summed E-state index contributed by atoms with van der Waals surface area (Å²) in [6.45, 7) is 22.6. The Hall–Kier alpha value is -1.43. The van der Waals surface area contributed by atoms with Crippen molar-refractivity contribution in [2.45, 2.75) is 98.8 Å². The van der Waals surface area contributed by atoms with E-state index < -0.39 is 8.32 Å². The van der Waals surface area contributed by atoms with Crippen LogP contribution in [-0.4, -0.2) is 33.9 Å². The van der Waals surface area contributed by atoms with Gasteiger partial charge in [-0.25, -0.2) is 0 Å². The van der Waals surface area contributed by atoms with Gasteiger partial charge in [-0.3, -0.25) is 0 Å². The van der Waals surface area contributed by atoms with Gasteiger partial charge in [-0.1, -0.05) is 65.3 Å². The normalized spacial score (nSPS) is 17.7. The van der Waals surface area contributed by atoms with E-state index in [0.29, 0.717) is 12.5 Å². The fourth-order valence-corrected chi connectivity index (χ4v) is 5.44. The molecular weight excluding hydrogens is 428 g/mol. The van der Waals surface area contributed by atoms with E-state index >= 15 is 0 Å². The topological polar surface area (TPSA) is 44.8 Å². The Morgan fingerprint density at radius 1 is 1.06 bits per heavy atom. The number of rotatable bonds is 13. The zero-order chi connectivity index (χ0) is 25.4. The molecule has 0 aliphatic rings. The van der Waals surface area contributed by atoms with Gasteiger partial charge in [0.1, 0.15) is 12.0 Å². The zero-order valence-corrected chi connectivity index (χ0v) is 23.9. The van der Waals surface area contributed by atoms with Crippen molar-refractivity contribution in [2.24, 2.45) is 17.8 Å². The first-order valence-corrected chi connectivity index (χ1v) is 15.2. The maximum absolute atomic E-state index is 11.9. The molecule has 5 atom stereocenters. The van der Waals surface area contributed by atoms with Gasteiger partial charge in [0.25, 0.3) is 0 Å². The smallest absolute Gasteiger partial charge is 0.192 e. The van der Waals surface area contributed by atoms with Gasteiger partial charge in [-0.2, -0.15) is 0 Å². The van der Waals surface area contributed by atoms with Gasteiger partial charge < -0.3 is 18.7 Å². The molecule has 0 saturated heterocycles. The highest BCUT2D eigenvalue weighted by atomic mass is 28.4. The third-order valence-electron chi connectivity index (χ3n) is 7.31. The SMILES string of the molecule is C/C=C(\C)C[C@H](C)[C@@H](O[Si](C)(C)C(C)(C)C)[C@H](C)[C@@H](OCc1ccc(OC)cc1)[C@H](C)C=O. The molecule has 0 aliphatic heterocycles. The first-order chi connectivity index (χ1) is 15.3. The number of aldehydes is 1.